The van der Waals surface area contributed by atoms with Gasteiger partial charge in [0.05, 0.1) is 0 Å². The second-order valence-electron chi connectivity index (χ2n) is 7.65. The van der Waals surface area contributed by atoms with E-state index in [2.05, 4.69) is 10.0 Å². The molecule has 8 nitrogen and oxygen atoms in total. The van der Waals surface area contributed by atoms with Gasteiger partial charge in [-0.05, 0) is 31.6 Å². The summed E-state index contributed by atoms with van der Waals surface area (Å²) in [6.07, 6.45) is 1.51. The Morgan fingerprint density at radius 1 is 1.00 bits per heavy atom. The number of hydrogen-bond acceptors (Lipinski definition) is 5. The number of carbonyl (C=O) groups excluding carboxylic acids is 3. The lowest BCUT2D eigenvalue weighted by molar-refractivity contribution is -0.131. The number of hydrogen-bond donors (Lipinski definition) is 0. The van der Waals surface area contributed by atoms with Crippen LogP contribution < -0.4 is 4.90 Å². The summed E-state index contributed by atoms with van der Waals surface area (Å²) >= 11 is 0. The molecule has 8 heteroatoms. The lowest BCUT2D eigenvalue weighted by atomic mass is 10.1. The number of anilines is 1. The average molecular weight is 399 g/mol. The minimum atomic E-state index is -0.152. The lowest BCUT2D eigenvalue weighted by Crippen LogP contribution is -2.43. The van der Waals surface area contributed by atoms with Gasteiger partial charge in [-0.15, -0.1) is 0 Å². The van der Waals surface area contributed by atoms with Gasteiger partial charge < -0.3 is 14.7 Å². The Hall–Kier alpha value is -2.74. The number of benzene rings is 1. The Bertz CT molecular complexity index is 822. The Kier molecular flexibility index (Phi) is 6.64. The van der Waals surface area contributed by atoms with E-state index in [0.29, 0.717) is 38.2 Å². The van der Waals surface area contributed by atoms with E-state index >= 15 is 0 Å². The van der Waals surface area contributed by atoms with Crippen molar-refractivity contribution in [3.05, 3.63) is 29.8 Å². The lowest BCUT2D eigenvalue weighted by Gasteiger charge is -2.29. The molecule has 2 heterocycles. The van der Waals surface area contributed by atoms with Crippen LogP contribution >= 0.6 is 0 Å². The molecule has 2 aliphatic rings. The van der Waals surface area contributed by atoms with Crippen LogP contribution in [0.4, 0.5) is 5.69 Å². The highest BCUT2D eigenvalue weighted by Crippen LogP contribution is 2.24. The van der Waals surface area contributed by atoms with Crippen LogP contribution in [0.2, 0.25) is 0 Å². The van der Waals surface area contributed by atoms with E-state index in [9.17, 15) is 14.4 Å². The zero-order valence-corrected chi connectivity index (χ0v) is 17.4. The maximum absolute atomic E-state index is 13.2. The molecule has 1 aromatic carbocycles. The van der Waals surface area contributed by atoms with Crippen molar-refractivity contribution in [3.63, 3.8) is 0 Å². The van der Waals surface area contributed by atoms with Crippen LogP contribution in [0.25, 0.3) is 0 Å². The second-order valence-corrected chi connectivity index (χ2v) is 7.65. The molecule has 0 atom stereocenters. The number of nitrogens with zero attached hydrogens (tertiary/aromatic N) is 5. The summed E-state index contributed by atoms with van der Waals surface area (Å²) in [7, 11) is 3.60. The fraction of sp³-hybridized carbons (Fsp3) is 0.524. The third kappa shape index (κ3) is 5.00. The van der Waals surface area contributed by atoms with E-state index in [-0.39, 0.29) is 17.7 Å². The van der Waals surface area contributed by atoms with Crippen molar-refractivity contribution in [1.82, 2.24) is 14.8 Å². The highest BCUT2D eigenvalue weighted by atomic mass is 16.2. The molecule has 0 radical (unpaired) electrons. The molecule has 1 aromatic rings. The molecular formula is C21H29N5O3. The standard InChI is InChI=1S/C21H29N5O3/c1-16(27)26-12-6-11-23(2)13-14-25(15-17-7-4-5-8-19(17)26)21(29)18-9-10-20(28)24(3)22-18/h4-5,7-8H,6,9-15H2,1-3H3. The van der Waals surface area contributed by atoms with Crippen molar-refractivity contribution in [2.24, 2.45) is 5.10 Å². The number of amides is 3. The number of hydrazone groups is 1. The van der Waals surface area contributed by atoms with Crippen LogP contribution in [0.15, 0.2) is 29.4 Å². The Balaban J connectivity index is 1.93. The van der Waals surface area contributed by atoms with Gasteiger partial charge in [-0.25, -0.2) is 5.01 Å². The molecule has 0 saturated carbocycles. The van der Waals surface area contributed by atoms with Crippen LogP contribution in [0.3, 0.4) is 0 Å². The predicted octanol–water partition coefficient (Wildman–Crippen LogP) is 1.31. The number of fused-ring (bicyclic) bond motifs is 1. The number of likely N-dealkylation sites (N-methyl/N-ethyl adjacent to an activating group) is 1. The van der Waals surface area contributed by atoms with E-state index in [1.807, 2.05) is 31.3 Å². The van der Waals surface area contributed by atoms with E-state index in [1.165, 1.54) is 5.01 Å². The van der Waals surface area contributed by atoms with E-state index in [4.69, 9.17) is 0 Å². The number of rotatable bonds is 1. The fourth-order valence-corrected chi connectivity index (χ4v) is 3.72. The molecule has 2 aliphatic heterocycles. The zero-order chi connectivity index (χ0) is 21.0. The van der Waals surface area contributed by atoms with Crippen molar-refractivity contribution in [3.8, 4) is 0 Å². The van der Waals surface area contributed by atoms with Crippen LogP contribution in [0.5, 0.6) is 0 Å². The monoisotopic (exact) mass is 399 g/mol. The molecule has 3 amide bonds. The molecule has 0 aromatic heterocycles. The molecule has 0 aliphatic carbocycles. The predicted molar refractivity (Wildman–Crippen MR) is 111 cm³/mol. The van der Waals surface area contributed by atoms with Gasteiger partial charge in [-0.1, -0.05) is 18.2 Å². The van der Waals surface area contributed by atoms with Crippen LogP contribution in [-0.2, 0) is 20.9 Å². The normalized spacial score (nSPS) is 19.3. The van der Waals surface area contributed by atoms with Gasteiger partial charge in [-0.2, -0.15) is 5.10 Å². The minimum Gasteiger partial charge on any atom is -0.332 e. The first-order valence-corrected chi connectivity index (χ1v) is 10.0. The topological polar surface area (TPSA) is 76.5 Å². The van der Waals surface area contributed by atoms with E-state index in [1.54, 1.807) is 23.8 Å². The first-order valence-electron chi connectivity index (χ1n) is 10.0. The number of para-hydroxylation sites is 1. The second kappa shape index (κ2) is 9.17. The highest BCUT2D eigenvalue weighted by molar-refractivity contribution is 6.39. The molecule has 0 saturated heterocycles. The van der Waals surface area contributed by atoms with Crippen LogP contribution in [0.1, 0.15) is 31.7 Å². The maximum atomic E-state index is 13.2. The smallest absolute Gasteiger partial charge is 0.270 e. The third-order valence-corrected chi connectivity index (χ3v) is 5.44. The molecule has 0 bridgehead atoms. The van der Waals surface area contributed by atoms with Crippen molar-refractivity contribution >= 4 is 29.1 Å². The highest BCUT2D eigenvalue weighted by Gasteiger charge is 2.27. The van der Waals surface area contributed by atoms with Gasteiger partial charge in [0.25, 0.3) is 5.91 Å². The molecule has 3 rings (SSSR count). The molecule has 29 heavy (non-hydrogen) atoms. The summed E-state index contributed by atoms with van der Waals surface area (Å²) in [6.45, 7) is 4.74. The zero-order valence-electron chi connectivity index (χ0n) is 17.4. The summed E-state index contributed by atoms with van der Waals surface area (Å²) in [5.41, 5.74) is 2.19. The van der Waals surface area contributed by atoms with Gasteiger partial charge >= 0.3 is 0 Å². The molecular weight excluding hydrogens is 370 g/mol. The van der Waals surface area contributed by atoms with Gasteiger partial charge in [0.15, 0.2) is 0 Å². The Labute approximate surface area is 171 Å². The Morgan fingerprint density at radius 2 is 1.76 bits per heavy atom. The van der Waals surface area contributed by atoms with E-state index in [0.717, 1.165) is 30.8 Å². The summed E-state index contributed by atoms with van der Waals surface area (Å²) in [5, 5.41) is 5.45. The van der Waals surface area contributed by atoms with Gasteiger partial charge in [0.1, 0.15) is 5.71 Å². The van der Waals surface area contributed by atoms with Crippen molar-refractivity contribution in [2.45, 2.75) is 32.7 Å². The first kappa shape index (κ1) is 21.0. The molecule has 0 N–H and O–H groups in total. The number of carbonyl (C=O) groups is 3. The molecule has 0 unspecified atom stereocenters. The van der Waals surface area contributed by atoms with Crippen molar-refractivity contribution < 1.29 is 14.4 Å². The van der Waals surface area contributed by atoms with Gasteiger partial charge in [0.2, 0.25) is 11.8 Å². The molecule has 156 valence electrons. The van der Waals surface area contributed by atoms with Crippen molar-refractivity contribution in [2.75, 3.05) is 45.2 Å². The van der Waals surface area contributed by atoms with Crippen LogP contribution in [-0.4, -0.2) is 78.5 Å². The van der Waals surface area contributed by atoms with Crippen LogP contribution in [0, 0.1) is 0 Å². The van der Waals surface area contributed by atoms with E-state index < -0.39 is 0 Å². The summed E-state index contributed by atoms with van der Waals surface area (Å²) in [4.78, 5) is 43.0. The third-order valence-electron chi connectivity index (χ3n) is 5.44. The fourth-order valence-electron chi connectivity index (χ4n) is 3.72. The summed E-state index contributed by atoms with van der Waals surface area (Å²) in [5.74, 6) is -0.239. The SMILES string of the molecule is CC(=O)N1CCCN(C)CCN(C(=O)C2=NN(C)C(=O)CC2)Cc2ccccc21. The minimum absolute atomic E-state index is 0.00554. The maximum Gasteiger partial charge on any atom is 0.270 e. The quantitative estimate of drug-likeness (QED) is 0.714. The van der Waals surface area contributed by atoms with Gasteiger partial charge in [-0.3, -0.25) is 14.4 Å². The molecule has 0 spiro atoms. The first-order chi connectivity index (χ1) is 13.9. The average Bonchev–Trinajstić information content (AvgIpc) is 2.73. The Morgan fingerprint density at radius 3 is 2.48 bits per heavy atom. The largest absolute Gasteiger partial charge is 0.332 e. The van der Waals surface area contributed by atoms with Crippen molar-refractivity contribution in [1.29, 1.82) is 0 Å². The molecule has 0 fully saturated rings. The summed E-state index contributed by atoms with van der Waals surface area (Å²) < 4.78 is 0. The van der Waals surface area contributed by atoms with Gasteiger partial charge in [0, 0.05) is 58.7 Å². The summed E-state index contributed by atoms with van der Waals surface area (Å²) in [6, 6.07) is 7.74.